The molecule has 0 atom stereocenters. The van der Waals surface area contributed by atoms with E-state index in [2.05, 4.69) is 14.5 Å². The molecule has 1 aromatic heterocycles. The van der Waals surface area contributed by atoms with Crippen molar-refractivity contribution >= 4 is 5.97 Å². The molecule has 0 saturated heterocycles. The number of alkyl halides is 5. The predicted octanol–water partition coefficient (Wildman–Crippen LogP) is 2.36. The van der Waals surface area contributed by atoms with Crippen molar-refractivity contribution < 1.29 is 41.3 Å². The second-order valence-corrected chi connectivity index (χ2v) is 3.49. The van der Waals surface area contributed by atoms with E-state index in [9.17, 15) is 26.7 Å². The molecule has 112 valence electrons. The molecule has 0 aliphatic heterocycles. The number of halogens is 5. The molecule has 0 aromatic carbocycles. The Balaban J connectivity index is 3.00. The highest BCUT2D eigenvalue weighted by atomic mass is 19.4. The number of aromatic nitrogens is 1. The summed E-state index contributed by atoms with van der Waals surface area (Å²) in [6.45, 7) is -2.00. The summed E-state index contributed by atoms with van der Waals surface area (Å²) < 4.78 is 70.2. The minimum absolute atomic E-state index is 0.544. The summed E-state index contributed by atoms with van der Waals surface area (Å²) in [6.07, 6.45) is -4.89. The number of carboxylic acids is 1. The average molecular weight is 301 g/mol. The molecule has 0 aliphatic carbocycles. The van der Waals surface area contributed by atoms with Gasteiger partial charge in [-0.2, -0.15) is 22.0 Å². The number of hydrogen-bond donors (Lipinski definition) is 1. The van der Waals surface area contributed by atoms with Gasteiger partial charge in [0.2, 0.25) is 0 Å². The molecule has 1 heterocycles. The molecule has 0 amide bonds. The van der Waals surface area contributed by atoms with Gasteiger partial charge in [0.15, 0.2) is 23.8 Å². The van der Waals surface area contributed by atoms with Crippen molar-refractivity contribution in [3.05, 3.63) is 18.0 Å². The molecule has 5 nitrogen and oxygen atoms in total. The lowest BCUT2D eigenvalue weighted by molar-refractivity contribution is -0.290. The number of ether oxygens (including phenoxy) is 2. The van der Waals surface area contributed by atoms with Crippen LogP contribution in [0.1, 0.15) is 10.5 Å². The van der Waals surface area contributed by atoms with Gasteiger partial charge in [0, 0.05) is 12.3 Å². The number of methoxy groups -OCH3 is 1. The predicted molar refractivity (Wildman–Crippen MR) is 54.2 cm³/mol. The van der Waals surface area contributed by atoms with Gasteiger partial charge in [-0.1, -0.05) is 0 Å². The number of pyridine rings is 1. The lowest BCUT2D eigenvalue weighted by atomic mass is 10.3. The lowest BCUT2D eigenvalue weighted by Crippen LogP contribution is -2.41. The summed E-state index contributed by atoms with van der Waals surface area (Å²) >= 11 is 0. The minimum Gasteiger partial charge on any atom is -0.491 e. The van der Waals surface area contributed by atoms with Gasteiger partial charge in [-0.25, -0.2) is 9.78 Å². The molecule has 1 N–H and O–H groups in total. The molecule has 20 heavy (non-hydrogen) atoms. The Hall–Kier alpha value is -2.13. The lowest BCUT2D eigenvalue weighted by Gasteiger charge is -2.20. The topological polar surface area (TPSA) is 68.7 Å². The minimum atomic E-state index is -5.77. The summed E-state index contributed by atoms with van der Waals surface area (Å²) in [4.78, 5) is 14.2. The number of nitrogens with zero attached hydrogens (tertiary/aromatic N) is 1. The zero-order valence-corrected chi connectivity index (χ0v) is 9.87. The molecule has 1 aromatic rings. The maximum absolute atomic E-state index is 12.7. The van der Waals surface area contributed by atoms with Crippen molar-refractivity contribution in [3.8, 4) is 11.5 Å². The fourth-order valence-corrected chi connectivity index (χ4v) is 1.14. The standard InChI is InChI=1S/C10H8F5NO4/c1-19-7-5(2-3-16-6(7)8(17)18)20-4-9(11,12)10(13,14)15/h2-3H,4H2,1H3,(H,17,18). The van der Waals surface area contributed by atoms with Crippen molar-refractivity contribution in [2.45, 2.75) is 12.1 Å². The van der Waals surface area contributed by atoms with Crippen LogP contribution in [0.25, 0.3) is 0 Å². The van der Waals surface area contributed by atoms with Gasteiger partial charge >= 0.3 is 18.1 Å². The quantitative estimate of drug-likeness (QED) is 0.846. The van der Waals surface area contributed by atoms with Gasteiger partial charge in [-0.05, 0) is 0 Å². The molecule has 0 radical (unpaired) electrons. The van der Waals surface area contributed by atoms with Crippen molar-refractivity contribution in [1.82, 2.24) is 4.98 Å². The van der Waals surface area contributed by atoms with E-state index < -0.39 is 41.9 Å². The first-order valence-corrected chi connectivity index (χ1v) is 4.94. The van der Waals surface area contributed by atoms with Crippen LogP contribution in [0.15, 0.2) is 12.3 Å². The zero-order chi connectivity index (χ0) is 15.6. The van der Waals surface area contributed by atoms with Crippen LogP contribution in [0.4, 0.5) is 22.0 Å². The van der Waals surface area contributed by atoms with Gasteiger partial charge in [0.1, 0.15) is 0 Å². The van der Waals surface area contributed by atoms with Crippen LogP contribution in [0.2, 0.25) is 0 Å². The van der Waals surface area contributed by atoms with Crippen molar-refractivity contribution in [2.75, 3.05) is 13.7 Å². The Morgan fingerprint density at radius 3 is 2.40 bits per heavy atom. The van der Waals surface area contributed by atoms with Crippen LogP contribution >= 0.6 is 0 Å². The Labute approximate surface area is 108 Å². The van der Waals surface area contributed by atoms with Gasteiger partial charge in [0.25, 0.3) is 0 Å². The fraction of sp³-hybridized carbons (Fsp3) is 0.400. The maximum Gasteiger partial charge on any atom is 0.456 e. The summed E-state index contributed by atoms with van der Waals surface area (Å²) in [5, 5.41) is 8.75. The van der Waals surface area contributed by atoms with E-state index in [1.807, 2.05) is 0 Å². The molecule has 1 rings (SSSR count). The maximum atomic E-state index is 12.7. The Morgan fingerprint density at radius 1 is 1.35 bits per heavy atom. The van der Waals surface area contributed by atoms with Gasteiger partial charge < -0.3 is 14.6 Å². The van der Waals surface area contributed by atoms with E-state index in [0.717, 1.165) is 19.4 Å². The molecule has 0 unspecified atom stereocenters. The number of carboxylic acid groups (broad SMARTS) is 1. The second kappa shape index (κ2) is 5.47. The smallest absolute Gasteiger partial charge is 0.456 e. The van der Waals surface area contributed by atoms with Crippen LogP contribution < -0.4 is 9.47 Å². The molecule has 10 heteroatoms. The first-order chi connectivity index (χ1) is 9.10. The summed E-state index contributed by atoms with van der Waals surface area (Å²) in [5.41, 5.74) is -0.666. The fourth-order valence-electron chi connectivity index (χ4n) is 1.14. The molecule has 0 bridgehead atoms. The van der Waals surface area contributed by atoms with E-state index in [1.54, 1.807) is 0 Å². The van der Waals surface area contributed by atoms with E-state index in [1.165, 1.54) is 0 Å². The monoisotopic (exact) mass is 301 g/mol. The molecular formula is C10H8F5NO4. The largest absolute Gasteiger partial charge is 0.491 e. The first-order valence-electron chi connectivity index (χ1n) is 4.94. The third kappa shape index (κ3) is 3.25. The third-order valence-electron chi connectivity index (χ3n) is 2.10. The Kier molecular flexibility index (Phi) is 4.36. The zero-order valence-electron chi connectivity index (χ0n) is 9.87. The van der Waals surface area contributed by atoms with Gasteiger partial charge in [-0.15, -0.1) is 0 Å². The van der Waals surface area contributed by atoms with Crippen LogP contribution in [0, 0.1) is 0 Å². The van der Waals surface area contributed by atoms with E-state index in [0.29, 0.717) is 0 Å². The molecular weight excluding hydrogens is 293 g/mol. The molecule has 0 saturated carbocycles. The van der Waals surface area contributed by atoms with Crippen molar-refractivity contribution in [3.63, 3.8) is 0 Å². The average Bonchev–Trinajstić information content (AvgIpc) is 2.34. The number of rotatable bonds is 5. The van der Waals surface area contributed by atoms with Crippen LogP contribution in [-0.4, -0.2) is 41.9 Å². The van der Waals surface area contributed by atoms with Crippen LogP contribution in [-0.2, 0) is 0 Å². The van der Waals surface area contributed by atoms with Crippen molar-refractivity contribution in [1.29, 1.82) is 0 Å². The number of aromatic carboxylic acids is 1. The Bertz CT molecular complexity index is 503. The normalized spacial score (nSPS) is 12.1. The van der Waals surface area contributed by atoms with Crippen LogP contribution in [0.5, 0.6) is 11.5 Å². The van der Waals surface area contributed by atoms with Crippen molar-refractivity contribution in [2.24, 2.45) is 0 Å². The summed E-state index contributed by atoms with van der Waals surface area (Å²) in [6, 6.07) is 0.914. The first kappa shape index (κ1) is 15.9. The van der Waals surface area contributed by atoms with E-state index in [-0.39, 0.29) is 0 Å². The van der Waals surface area contributed by atoms with Gasteiger partial charge in [-0.3, -0.25) is 0 Å². The molecule has 0 aliphatic rings. The SMILES string of the molecule is COc1c(OCC(F)(F)C(F)(F)F)ccnc1C(=O)O. The highest BCUT2D eigenvalue weighted by Gasteiger charge is 2.58. The van der Waals surface area contributed by atoms with E-state index >= 15 is 0 Å². The molecule has 0 fully saturated rings. The summed E-state index contributed by atoms with van der Waals surface area (Å²) in [7, 11) is 0.998. The Morgan fingerprint density at radius 2 is 1.95 bits per heavy atom. The highest BCUT2D eigenvalue weighted by molar-refractivity contribution is 5.89. The van der Waals surface area contributed by atoms with E-state index in [4.69, 9.17) is 5.11 Å². The highest BCUT2D eigenvalue weighted by Crippen LogP contribution is 2.37. The molecule has 0 spiro atoms. The van der Waals surface area contributed by atoms with Gasteiger partial charge in [0.05, 0.1) is 7.11 Å². The number of carbonyl (C=O) groups is 1. The third-order valence-corrected chi connectivity index (χ3v) is 2.10. The number of hydrogen-bond acceptors (Lipinski definition) is 4. The van der Waals surface area contributed by atoms with Crippen LogP contribution in [0.3, 0.4) is 0 Å². The summed E-state index contributed by atoms with van der Waals surface area (Å²) in [5.74, 6) is -7.75. The second-order valence-electron chi connectivity index (χ2n) is 3.49.